The minimum Gasteiger partial charge on any atom is -0.505 e. The zero-order valence-electron chi connectivity index (χ0n) is 9.41. The van der Waals surface area contributed by atoms with Crippen LogP contribution in [0.3, 0.4) is 0 Å². The lowest BCUT2D eigenvalue weighted by Gasteiger charge is -2.29. The van der Waals surface area contributed by atoms with Crippen LogP contribution < -0.4 is 5.32 Å². The minimum absolute atomic E-state index is 0.160. The molecule has 0 fully saturated rings. The molecule has 94 valence electrons. The lowest BCUT2D eigenvalue weighted by molar-refractivity contribution is 0.0910. The second kappa shape index (κ2) is 6.07. The van der Waals surface area contributed by atoms with Gasteiger partial charge < -0.3 is 10.4 Å². The molecule has 0 saturated carbocycles. The summed E-state index contributed by atoms with van der Waals surface area (Å²) < 4.78 is 0. The zero-order valence-corrected chi connectivity index (χ0v) is 10.9. The normalized spacial score (nSPS) is 11.2. The first-order valence-corrected chi connectivity index (χ1v) is 6.23. The van der Waals surface area contributed by atoms with Crippen LogP contribution in [0.1, 0.15) is 23.7 Å². The molecule has 1 aromatic rings. The predicted octanol–water partition coefficient (Wildman–Crippen LogP) is 2.14. The molecule has 0 unspecified atom stereocenters. The maximum atomic E-state index is 11.9. The Hall–Kier alpha value is -1.00. The number of pyridine rings is 1. The molecule has 17 heavy (non-hydrogen) atoms. The molecule has 0 aliphatic carbocycles. The molecule has 0 aromatic carbocycles. The molecule has 1 amide bonds. The second-order valence-electron chi connectivity index (χ2n) is 3.75. The number of carbonyl (C=O) groups is 1. The van der Waals surface area contributed by atoms with Crippen LogP contribution in [-0.4, -0.2) is 33.3 Å². The number of nitrogens with one attached hydrogen (secondary N) is 1. The van der Waals surface area contributed by atoms with Gasteiger partial charge in [-0.3, -0.25) is 9.78 Å². The molecule has 1 rings (SSSR count). The van der Waals surface area contributed by atoms with Gasteiger partial charge in [-0.2, -0.15) is 0 Å². The summed E-state index contributed by atoms with van der Waals surface area (Å²) in [6.45, 7) is 1.89. The molecule has 1 heterocycles. The van der Waals surface area contributed by atoms with Crippen LogP contribution in [0.15, 0.2) is 18.5 Å². The van der Waals surface area contributed by atoms with E-state index in [-0.39, 0.29) is 23.1 Å². The maximum Gasteiger partial charge on any atom is 0.255 e. The Bertz CT molecular complexity index is 387. The van der Waals surface area contributed by atoms with Gasteiger partial charge in [0.25, 0.3) is 5.91 Å². The fourth-order valence-electron chi connectivity index (χ4n) is 1.27. The molecule has 1 aromatic heterocycles. The van der Waals surface area contributed by atoms with Gasteiger partial charge in [0.15, 0.2) is 0 Å². The van der Waals surface area contributed by atoms with Gasteiger partial charge in [-0.1, -0.05) is 6.92 Å². The van der Waals surface area contributed by atoms with Crippen LogP contribution >= 0.6 is 23.2 Å². The molecule has 0 bridgehead atoms. The first-order chi connectivity index (χ1) is 8.08. The largest absolute Gasteiger partial charge is 0.505 e. The van der Waals surface area contributed by atoms with Crippen LogP contribution in [0, 0.1) is 0 Å². The number of hydrogen-bond donors (Lipinski definition) is 2. The lowest BCUT2D eigenvalue weighted by Crippen LogP contribution is -2.51. The highest BCUT2D eigenvalue weighted by atomic mass is 35.5. The van der Waals surface area contributed by atoms with Crippen molar-refractivity contribution in [2.24, 2.45) is 0 Å². The molecular weight excluding hydrogens is 263 g/mol. The van der Waals surface area contributed by atoms with E-state index in [1.807, 2.05) is 6.92 Å². The van der Waals surface area contributed by atoms with E-state index in [4.69, 9.17) is 23.2 Å². The Labute approximate surface area is 110 Å². The summed E-state index contributed by atoms with van der Waals surface area (Å²) in [5.41, 5.74) is -0.497. The molecule has 0 aliphatic heterocycles. The summed E-state index contributed by atoms with van der Waals surface area (Å²) in [5, 5.41) is 12.3. The van der Waals surface area contributed by atoms with E-state index < -0.39 is 11.4 Å². The van der Waals surface area contributed by atoms with Crippen molar-refractivity contribution in [1.29, 1.82) is 0 Å². The molecule has 2 N–H and O–H groups in total. The number of carbonyl (C=O) groups excluding carboxylic acids is 1. The van der Waals surface area contributed by atoms with Crippen molar-refractivity contribution < 1.29 is 9.90 Å². The Balaban J connectivity index is 2.89. The van der Waals surface area contributed by atoms with Crippen molar-refractivity contribution in [3.63, 3.8) is 0 Å². The zero-order chi connectivity index (χ0) is 12.9. The lowest BCUT2D eigenvalue weighted by atomic mass is 10.0. The molecular formula is C11H14Cl2N2O2. The van der Waals surface area contributed by atoms with E-state index in [1.165, 1.54) is 18.5 Å². The van der Waals surface area contributed by atoms with Gasteiger partial charge in [0, 0.05) is 18.0 Å². The van der Waals surface area contributed by atoms with Crippen molar-refractivity contribution in [2.75, 3.05) is 11.8 Å². The third-order valence-corrected chi connectivity index (χ3v) is 3.63. The van der Waals surface area contributed by atoms with Crippen LogP contribution in [0.2, 0.25) is 0 Å². The molecule has 4 nitrogen and oxygen atoms in total. The van der Waals surface area contributed by atoms with E-state index in [1.54, 1.807) is 0 Å². The van der Waals surface area contributed by atoms with Crippen LogP contribution in [-0.2, 0) is 0 Å². The van der Waals surface area contributed by atoms with Gasteiger partial charge in [0.2, 0.25) is 0 Å². The van der Waals surface area contributed by atoms with Crippen molar-refractivity contribution in [3.05, 3.63) is 24.0 Å². The van der Waals surface area contributed by atoms with E-state index in [0.29, 0.717) is 6.42 Å². The summed E-state index contributed by atoms with van der Waals surface area (Å²) in [5.74, 6) is -0.151. The first-order valence-electron chi connectivity index (χ1n) is 5.16. The number of alkyl halides is 2. The monoisotopic (exact) mass is 276 g/mol. The van der Waals surface area contributed by atoms with Crippen molar-refractivity contribution in [2.45, 2.75) is 18.9 Å². The SMILES string of the molecule is CCC(CCl)(CCl)NC(=O)c1ccncc1O. The topological polar surface area (TPSA) is 62.2 Å². The summed E-state index contributed by atoms with van der Waals surface area (Å²) in [4.78, 5) is 15.6. The minimum atomic E-state index is -0.657. The molecule has 0 aliphatic rings. The number of aromatic nitrogens is 1. The number of amides is 1. The van der Waals surface area contributed by atoms with E-state index >= 15 is 0 Å². The summed E-state index contributed by atoms with van der Waals surface area (Å²) in [6.07, 6.45) is 3.26. The van der Waals surface area contributed by atoms with Crippen molar-refractivity contribution in [3.8, 4) is 5.75 Å². The maximum absolute atomic E-state index is 11.9. The van der Waals surface area contributed by atoms with Gasteiger partial charge in [0.05, 0.1) is 17.3 Å². The Morgan fingerprint density at radius 1 is 1.53 bits per heavy atom. The van der Waals surface area contributed by atoms with Gasteiger partial charge in [0.1, 0.15) is 5.75 Å². The van der Waals surface area contributed by atoms with E-state index in [0.717, 1.165) is 0 Å². The summed E-state index contributed by atoms with van der Waals surface area (Å²) >= 11 is 11.6. The molecule has 0 spiro atoms. The van der Waals surface area contributed by atoms with Gasteiger partial charge in [-0.25, -0.2) is 0 Å². The highest BCUT2D eigenvalue weighted by molar-refractivity contribution is 6.22. The Morgan fingerprint density at radius 2 is 2.18 bits per heavy atom. The van der Waals surface area contributed by atoms with E-state index in [9.17, 15) is 9.90 Å². The predicted molar refractivity (Wildman–Crippen MR) is 67.8 cm³/mol. The number of hydrogen-bond acceptors (Lipinski definition) is 3. The van der Waals surface area contributed by atoms with Gasteiger partial charge >= 0.3 is 0 Å². The second-order valence-corrected chi connectivity index (χ2v) is 4.28. The highest BCUT2D eigenvalue weighted by Crippen LogP contribution is 2.19. The fourth-order valence-corrected chi connectivity index (χ4v) is 2.06. The van der Waals surface area contributed by atoms with Gasteiger partial charge in [-0.05, 0) is 12.5 Å². The third-order valence-electron chi connectivity index (χ3n) is 2.61. The van der Waals surface area contributed by atoms with Crippen LogP contribution in [0.4, 0.5) is 0 Å². The van der Waals surface area contributed by atoms with Crippen LogP contribution in [0.5, 0.6) is 5.75 Å². The fraction of sp³-hybridized carbons (Fsp3) is 0.455. The number of nitrogens with zero attached hydrogens (tertiary/aromatic N) is 1. The highest BCUT2D eigenvalue weighted by Gasteiger charge is 2.29. The summed E-state index contributed by atoms with van der Waals surface area (Å²) in [6, 6.07) is 1.44. The van der Waals surface area contributed by atoms with Crippen LogP contribution in [0.25, 0.3) is 0 Å². The van der Waals surface area contributed by atoms with Crippen molar-refractivity contribution >= 4 is 29.1 Å². The van der Waals surface area contributed by atoms with Crippen molar-refractivity contribution in [1.82, 2.24) is 10.3 Å². The average molecular weight is 277 g/mol. The standard InChI is InChI=1S/C11H14Cl2N2O2/c1-2-11(6-12,7-13)15-10(17)8-3-4-14-5-9(8)16/h3-5,16H,2,6-7H2,1H3,(H,15,17). The first kappa shape index (κ1) is 14.1. The van der Waals surface area contributed by atoms with E-state index in [2.05, 4.69) is 10.3 Å². The number of aromatic hydroxyl groups is 1. The quantitative estimate of drug-likeness (QED) is 0.810. The number of rotatable bonds is 5. The summed E-state index contributed by atoms with van der Waals surface area (Å²) in [7, 11) is 0. The number of halogens is 2. The molecule has 0 atom stereocenters. The molecule has 0 saturated heterocycles. The smallest absolute Gasteiger partial charge is 0.255 e. The third kappa shape index (κ3) is 3.23. The Kier molecular flexibility index (Phi) is 5.02. The average Bonchev–Trinajstić information content (AvgIpc) is 2.36. The Morgan fingerprint density at radius 3 is 2.65 bits per heavy atom. The molecule has 6 heteroatoms. The molecule has 0 radical (unpaired) electrons. The van der Waals surface area contributed by atoms with Gasteiger partial charge in [-0.15, -0.1) is 23.2 Å².